The van der Waals surface area contributed by atoms with Crippen molar-refractivity contribution in [3.05, 3.63) is 66.2 Å². The summed E-state index contributed by atoms with van der Waals surface area (Å²) < 4.78 is 10.6. The molecule has 22 heavy (non-hydrogen) atoms. The first-order valence-electron chi connectivity index (χ1n) is 6.96. The first kappa shape index (κ1) is 14.3. The van der Waals surface area contributed by atoms with Crippen LogP contribution in [0.5, 0.6) is 0 Å². The maximum absolute atomic E-state index is 12.4. The molecule has 0 fully saturated rings. The van der Waals surface area contributed by atoms with E-state index in [2.05, 4.69) is 10.3 Å². The van der Waals surface area contributed by atoms with Crippen LogP contribution >= 0.6 is 0 Å². The number of nitrogens with zero attached hydrogens (tertiary/aromatic N) is 1. The number of aromatic nitrogens is 1. The minimum absolute atomic E-state index is 0.162. The molecule has 3 aromatic rings. The fraction of sp³-hybridized carbons (Fsp3) is 0.176. The third-order valence-corrected chi connectivity index (χ3v) is 3.42. The zero-order valence-corrected chi connectivity index (χ0v) is 12.2. The summed E-state index contributed by atoms with van der Waals surface area (Å²) in [5.74, 6) is -0.162. The molecule has 1 atom stereocenters. The average Bonchev–Trinajstić information content (AvgIpc) is 3.04. The second-order valence-corrected chi connectivity index (χ2v) is 4.88. The number of ether oxygens (including phenoxy) is 1. The highest BCUT2D eigenvalue weighted by molar-refractivity contribution is 5.94. The zero-order valence-electron chi connectivity index (χ0n) is 12.2. The monoisotopic (exact) mass is 296 g/mol. The van der Waals surface area contributed by atoms with E-state index in [4.69, 9.17) is 9.15 Å². The summed E-state index contributed by atoms with van der Waals surface area (Å²) in [7, 11) is 1.59. The fourth-order valence-corrected chi connectivity index (χ4v) is 2.38. The molecule has 1 N–H and O–H groups in total. The van der Waals surface area contributed by atoms with Crippen LogP contribution < -0.4 is 5.32 Å². The van der Waals surface area contributed by atoms with Crippen molar-refractivity contribution in [3.63, 3.8) is 0 Å². The summed E-state index contributed by atoms with van der Waals surface area (Å²) in [5.41, 5.74) is 2.07. The number of amides is 1. The summed E-state index contributed by atoms with van der Waals surface area (Å²) >= 11 is 0. The predicted molar refractivity (Wildman–Crippen MR) is 82.5 cm³/mol. The van der Waals surface area contributed by atoms with E-state index in [0.717, 1.165) is 16.7 Å². The van der Waals surface area contributed by atoms with Gasteiger partial charge in [-0.3, -0.25) is 9.78 Å². The molecular formula is C17H16N2O3. The Hall–Kier alpha value is -2.66. The Morgan fingerprint density at radius 2 is 2.09 bits per heavy atom. The van der Waals surface area contributed by atoms with Crippen LogP contribution in [0.25, 0.3) is 11.0 Å². The van der Waals surface area contributed by atoms with Gasteiger partial charge in [-0.25, -0.2) is 0 Å². The lowest BCUT2D eigenvalue weighted by molar-refractivity contribution is 0.0895. The van der Waals surface area contributed by atoms with Crippen molar-refractivity contribution in [1.82, 2.24) is 10.3 Å². The molecule has 5 nitrogen and oxygen atoms in total. The molecule has 3 rings (SSSR count). The number of pyridine rings is 1. The van der Waals surface area contributed by atoms with Crippen LogP contribution in [-0.2, 0) is 4.74 Å². The Balaban J connectivity index is 1.90. The van der Waals surface area contributed by atoms with E-state index >= 15 is 0 Å². The predicted octanol–water partition coefficient (Wildman–Crippen LogP) is 2.95. The molecule has 1 unspecified atom stereocenters. The molecule has 0 spiro atoms. The van der Waals surface area contributed by atoms with E-state index in [1.54, 1.807) is 37.8 Å². The van der Waals surface area contributed by atoms with Gasteiger partial charge in [0.2, 0.25) is 0 Å². The van der Waals surface area contributed by atoms with E-state index in [1.807, 2.05) is 24.3 Å². The smallest absolute Gasteiger partial charge is 0.251 e. The van der Waals surface area contributed by atoms with Crippen molar-refractivity contribution >= 4 is 16.9 Å². The standard InChI is InChI=1S/C17H16N2O3/c1-21-11-14(19-17(20)12-5-3-2-4-6-12)16-13-8-10-22-15(13)7-9-18-16/h2-10,14H,11H2,1H3,(H,19,20). The quantitative estimate of drug-likeness (QED) is 0.786. The highest BCUT2D eigenvalue weighted by Crippen LogP contribution is 2.23. The van der Waals surface area contributed by atoms with Crippen LogP contribution in [0.4, 0.5) is 0 Å². The van der Waals surface area contributed by atoms with Gasteiger partial charge in [-0.05, 0) is 24.3 Å². The highest BCUT2D eigenvalue weighted by atomic mass is 16.5. The van der Waals surface area contributed by atoms with Crippen LogP contribution in [-0.4, -0.2) is 24.6 Å². The topological polar surface area (TPSA) is 64.4 Å². The van der Waals surface area contributed by atoms with Crippen LogP contribution in [0.2, 0.25) is 0 Å². The number of carbonyl (C=O) groups is 1. The van der Waals surface area contributed by atoms with Crippen molar-refractivity contribution in [3.8, 4) is 0 Å². The number of furan rings is 1. The fourth-order valence-electron chi connectivity index (χ4n) is 2.38. The number of hydrogen-bond donors (Lipinski definition) is 1. The lowest BCUT2D eigenvalue weighted by Gasteiger charge is -2.18. The van der Waals surface area contributed by atoms with Crippen molar-refractivity contribution in [2.45, 2.75) is 6.04 Å². The molecular weight excluding hydrogens is 280 g/mol. The Morgan fingerprint density at radius 1 is 1.27 bits per heavy atom. The lowest BCUT2D eigenvalue weighted by Crippen LogP contribution is -2.32. The van der Waals surface area contributed by atoms with Gasteiger partial charge in [-0.15, -0.1) is 0 Å². The van der Waals surface area contributed by atoms with Gasteiger partial charge in [0, 0.05) is 24.3 Å². The normalized spacial score (nSPS) is 12.2. The Kier molecular flexibility index (Phi) is 4.16. The van der Waals surface area contributed by atoms with E-state index < -0.39 is 0 Å². The number of hydrogen-bond acceptors (Lipinski definition) is 4. The first-order chi connectivity index (χ1) is 10.8. The second kappa shape index (κ2) is 6.41. The summed E-state index contributed by atoms with van der Waals surface area (Å²) in [6, 6.07) is 12.4. The molecule has 0 radical (unpaired) electrons. The number of benzene rings is 1. The molecule has 0 saturated heterocycles. The van der Waals surface area contributed by atoms with Crippen molar-refractivity contribution in [1.29, 1.82) is 0 Å². The van der Waals surface area contributed by atoms with Gasteiger partial charge in [-0.1, -0.05) is 18.2 Å². The zero-order chi connectivity index (χ0) is 15.4. The maximum atomic E-state index is 12.4. The van der Waals surface area contributed by atoms with E-state index in [-0.39, 0.29) is 11.9 Å². The lowest BCUT2D eigenvalue weighted by atomic mass is 10.1. The second-order valence-electron chi connectivity index (χ2n) is 4.88. The van der Waals surface area contributed by atoms with Gasteiger partial charge in [0.05, 0.1) is 24.6 Å². The number of rotatable bonds is 5. The van der Waals surface area contributed by atoms with Gasteiger partial charge < -0.3 is 14.5 Å². The molecule has 5 heteroatoms. The SMILES string of the molecule is COCC(NC(=O)c1ccccc1)c1nccc2occc12. The minimum Gasteiger partial charge on any atom is -0.464 e. The molecule has 0 bridgehead atoms. The summed E-state index contributed by atoms with van der Waals surface area (Å²) in [4.78, 5) is 16.7. The highest BCUT2D eigenvalue weighted by Gasteiger charge is 2.20. The van der Waals surface area contributed by atoms with Crippen LogP contribution in [0, 0.1) is 0 Å². The Morgan fingerprint density at radius 3 is 2.86 bits per heavy atom. The van der Waals surface area contributed by atoms with E-state index in [1.165, 1.54) is 0 Å². The third kappa shape index (κ3) is 2.84. The first-order valence-corrected chi connectivity index (χ1v) is 6.96. The molecule has 0 aliphatic rings. The molecule has 0 saturated carbocycles. The molecule has 0 aliphatic carbocycles. The molecule has 2 heterocycles. The van der Waals surface area contributed by atoms with E-state index in [9.17, 15) is 4.79 Å². The minimum atomic E-state index is -0.348. The van der Waals surface area contributed by atoms with Crippen molar-refractivity contribution in [2.75, 3.05) is 13.7 Å². The largest absolute Gasteiger partial charge is 0.464 e. The number of fused-ring (bicyclic) bond motifs is 1. The van der Waals surface area contributed by atoms with Gasteiger partial charge in [0.15, 0.2) is 0 Å². The summed E-state index contributed by atoms with van der Waals surface area (Å²) in [6.07, 6.45) is 3.28. The van der Waals surface area contributed by atoms with Crippen LogP contribution in [0.15, 0.2) is 59.3 Å². The summed E-state index contributed by atoms with van der Waals surface area (Å²) in [6.45, 7) is 0.329. The van der Waals surface area contributed by atoms with Gasteiger partial charge in [0.1, 0.15) is 5.58 Å². The average molecular weight is 296 g/mol. The Labute approximate surface area is 127 Å². The van der Waals surface area contributed by atoms with Crippen molar-refractivity contribution in [2.24, 2.45) is 0 Å². The Bertz CT molecular complexity index is 768. The number of nitrogens with one attached hydrogen (secondary N) is 1. The third-order valence-electron chi connectivity index (χ3n) is 3.42. The maximum Gasteiger partial charge on any atom is 0.251 e. The molecule has 2 aromatic heterocycles. The molecule has 112 valence electrons. The van der Waals surface area contributed by atoms with Gasteiger partial charge >= 0.3 is 0 Å². The number of methoxy groups -OCH3 is 1. The van der Waals surface area contributed by atoms with E-state index in [0.29, 0.717) is 12.2 Å². The molecule has 0 aliphatic heterocycles. The summed E-state index contributed by atoms with van der Waals surface area (Å²) in [5, 5.41) is 3.84. The van der Waals surface area contributed by atoms with Crippen molar-refractivity contribution < 1.29 is 13.9 Å². The van der Waals surface area contributed by atoms with Gasteiger partial charge in [-0.2, -0.15) is 0 Å². The van der Waals surface area contributed by atoms with Gasteiger partial charge in [0.25, 0.3) is 5.91 Å². The molecule has 1 amide bonds. The molecule has 1 aromatic carbocycles. The van der Waals surface area contributed by atoms with Crippen LogP contribution in [0.3, 0.4) is 0 Å². The number of carbonyl (C=O) groups excluding carboxylic acids is 1. The van der Waals surface area contributed by atoms with Crippen LogP contribution in [0.1, 0.15) is 22.1 Å².